The maximum Gasteiger partial charge on any atom is 0.0639 e. The second kappa shape index (κ2) is 3.56. The van der Waals surface area contributed by atoms with Gasteiger partial charge in [-0.05, 0) is 38.8 Å². The lowest BCUT2D eigenvalue weighted by Gasteiger charge is -2.25. The Morgan fingerprint density at radius 2 is 2.31 bits per heavy atom. The second-order valence-corrected chi connectivity index (χ2v) is 4.63. The second-order valence-electron chi connectivity index (χ2n) is 4.63. The van der Waals surface area contributed by atoms with Crippen LogP contribution in [-0.4, -0.2) is 48.3 Å². The summed E-state index contributed by atoms with van der Waals surface area (Å²) in [5.74, 6) is 1.65. The third-order valence-electron chi connectivity index (χ3n) is 3.56. The van der Waals surface area contributed by atoms with Crippen LogP contribution in [-0.2, 0) is 0 Å². The highest BCUT2D eigenvalue weighted by molar-refractivity contribution is 4.96. The number of aliphatic hydroxyl groups is 1. The van der Waals surface area contributed by atoms with Crippen molar-refractivity contribution in [2.45, 2.75) is 26.0 Å². The molecule has 4 unspecified atom stereocenters. The summed E-state index contributed by atoms with van der Waals surface area (Å²) in [5, 5.41) is 12.8. The number of hydrogen-bond donors (Lipinski definition) is 2. The highest BCUT2D eigenvalue weighted by atomic mass is 16.3. The number of nitrogens with one attached hydrogen (secondary N) is 1. The summed E-state index contributed by atoms with van der Waals surface area (Å²) < 4.78 is 0. The summed E-state index contributed by atoms with van der Waals surface area (Å²) in [7, 11) is 0. The standard InChI is InChI=1S/C10H20N2O/c1-7(13)5-12-6-9-3-11-4-10(9)8(12)2/h7-11,13H,3-6H2,1-2H3. The van der Waals surface area contributed by atoms with Gasteiger partial charge in [-0.2, -0.15) is 0 Å². The molecule has 0 aromatic carbocycles. The highest BCUT2D eigenvalue weighted by Gasteiger charge is 2.41. The molecule has 2 N–H and O–H groups in total. The fraction of sp³-hybridized carbons (Fsp3) is 1.00. The molecule has 0 aromatic heterocycles. The van der Waals surface area contributed by atoms with E-state index in [4.69, 9.17) is 0 Å². The molecule has 2 fully saturated rings. The molecule has 0 spiro atoms. The van der Waals surface area contributed by atoms with Crippen LogP contribution >= 0.6 is 0 Å². The molecule has 3 nitrogen and oxygen atoms in total. The first-order chi connectivity index (χ1) is 6.18. The fourth-order valence-electron chi connectivity index (χ4n) is 2.84. The van der Waals surface area contributed by atoms with Gasteiger partial charge in [-0.3, -0.25) is 4.90 Å². The van der Waals surface area contributed by atoms with E-state index in [-0.39, 0.29) is 6.10 Å². The number of likely N-dealkylation sites (tertiary alicyclic amines) is 1. The molecule has 0 radical (unpaired) electrons. The predicted molar refractivity (Wildman–Crippen MR) is 52.6 cm³/mol. The first-order valence-corrected chi connectivity index (χ1v) is 5.31. The summed E-state index contributed by atoms with van der Waals surface area (Å²) in [4.78, 5) is 2.43. The van der Waals surface area contributed by atoms with Gasteiger partial charge in [0.25, 0.3) is 0 Å². The molecule has 0 aliphatic carbocycles. The minimum absolute atomic E-state index is 0.186. The molecule has 2 heterocycles. The molecule has 0 aromatic rings. The average Bonchev–Trinajstić information content (AvgIpc) is 2.56. The molecule has 2 rings (SSSR count). The quantitative estimate of drug-likeness (QED) is 0.629. The topological polar surface area (TPSA) is 35.5 Å². The number of nitrogens with zero attached hydrogens (tertiary/aromatic N) is 1. The van der Waals surface area contributed by atoms with Crippen molar-refractivity contribution in [2.24, 2.45) is 11.8 Å². The number of β-amino-alcohol motifs (C(OH)–C–C–N with tert-alkyl or cyclic N) is 1. The zero-order valence-electron chi connectivity index (χ0n) is 8.53. The lowest BCUT2D eigenvalue weighted by atomic mass is 9.95. The Bertz CT molecular complexity index is 184. The summed E-state index contributed by atoms with van der Waals surface area (Å²) in [5.41, 5.74) is 0. The van der Waals surface area contributed by atoms with Crippen LogP contribution in [0.1, 0.15) is 13.8 Å². The summed E-state index contributed by atoms with van der Waals surface area (Å²) in [6.45, 7) is 8.52. The fourth-order valence-corrected chi connectivity index (χ4v) is 2.84. The lowest BCUT2D eigenvalue weighted by Crippen LogP contribution is -2.37. The largest absolute Gasteiger partial charge is 0.392 e. The van der Waals surface area contributed by atoms with Gasteiger partial charge in [-0.1, -0.05) is 0 Å². The Morgan fingerprint density at radius 3 is 2.92 bits per heavy atom. The van der Waals surface area contributed by atoms with Crippen LogP contribution in [0, 0.1) is 11.8 Å². The van der Waals surface area contributed by atoms with E-state index in [1.54, 1.807) is 0 Å². The van der Waals surface area contributed by atoms with Gasteiger partial charge >= 0.3 is 0 Å². The third kappa shape index (κ3) is 1.73. The van der Waals surface area contributed by atoms with Crippen molar-refractivity contribution in [1.29, 1.82) is 0 Å². The third-order valence-corrected chi connectivity index (χ3v) is 3.56. The first kappa shape index (κ1) is 9.44. The van der Waals surface area contributed by atoms with Crippen LogP contribution < -0.4 is 5.32 Å². The van der Waals surface area contributed by atoms with Gasteiger partial charge < -0.3 is 10.4 Å². The first-order valence-electron chi connectivity index (χ1n) is 5.31. The van der Waals surface area contributed by atoms with Crippen molar-refractivity contribution >= 4 is 0 Å². The van der Waals surface area contributed by atoms with Gasteiger partial charge in [0.15, 0.2) is 0 Å². The molecular weight excluding hydrogens is 164 g/mol. The average molecular weight is 184 g/mol. The Balaban J connectivity index is 1.94. The van der Waals surface area contributed by atoms with Crippen molar-refractivity contribution in [3.63, 3.8) is 0 Å². The Kier molecular flexibility index (Phi) is 2.58. The van der Waals surface area contributed by atoms with E-state index in [9.17, 15) is 5.11 Å². The maximum atomic E-state index is 9.34. The van der Waals surface area contributed by atoms with E-state index in [1.165, 1.54) is 19.6 Å². The van der Waals surface area contributed by atoms with Crippen molar-refractivity contribution in [2.75, 3.05) is 26.2 Å². The van der Waals surface area contributed by atoms with Gasteiger partial charge in [0, 0.05) is 19.1 Å². The van der Waals surface area contributed by atoms with Crippen LogP contribution in [0.4, 0.5) is 0 Å². The van der Waals surface area contributed by atoms with Crippen LogP contribution in [0.5, 0.6) is 0 Å². The van der Waals surface area contributed by atoms with Crippen molar-refractivity contribution in [3.05, 3.63) is 0 Å². The van der Waals surface area contributed by atoms with E-state index in [1.807, 2.05) is 6.92 Å². The molecule has 0 amide bonds. The summed E-state index contributed by atoms with van der Waals surface area (Å²) in [6.07, 6.45) is -0.186. The normalized spacial score (nSPS) is 42.2. The van der Waals surface area contributed by atoms with E-state index < -0.39 is 0 Å². The number of rotatable bonds is 2. The maximum absolute atomic E-state index is 9.34. The molecule has 0 bridgehead atoms. The summed E-state index contributed by atoms with van der Waals surface area (Å²) >= 11 is 0. The van der Waals surface area contributed by atoms with Crippen LogP contribution in [0.25, 0.3) is 0 Å². The Morgan fingerprint density at radius 1 is 1.54 bits per heavy atom. The van der Waals surface area contributed by atoms with E-state index in [0.29, 0.717) is 6.04 Å². The zero-order valence-corrected chi connectivity index (χ0v) is 8.53. The van der Waals surface area contributed by atoms with Crippen LogP contribution in [0.2, 0.25) is 0 Å². The van der Waals surface area contributed by atoms with Crippen molar-refractivity contribution in [3.8, 4) is 0 Å². The van der Waals surface area contributed by atoms with E-state index >= 15 is 0 Å². The zero-order chi connectivity index (χ0) is 9.42. The molecule has 4 atom stereocenters. The van der Waals surface area contributed by atoms with Gasteiger partial charge in [0.1, 0.15) is 0 Å². The lowest BCUT2D eigenvalue weighted by molar-refractivity contribution is 0.116. The molecule has 76 valence electrons. The molecular formula is C10H20N2O. The number of hydrogen-bond acceptors (Lipinski definition) is 3. The van der Waals surface area contributed by atoms with Gasteiger partial charge in [-0.25, -0.2) is 0 Å². The van der Waals surface area contributed by atoms with Crippen molar-refractivity contribution in [1.82, 2.24) is 10.2 Å². The summed E-state index contributed by atoms with van der Waals surface area (Å²) in [6, 6.07) is 0.648. The Hall–Kier alpha value is -0.120. The minimum atomic E-state index is -0.186. The smallest absolute Gasteiger partial charge is 0.0639 e. The predicted octanol–water partition coefficient (Wildman–Crippen LogP) is -0.0931. The van der Waals surface area contributed by atoms with E-state index in [0.717, 1.165) is 18.4 Å². The van der Waals surface area contributed by atoms with Gasteiger partial charge in [0.05, 0.1) is 6.10 Å². The number of fused-ring (bicyclic) bond motifs is 1. The minimum Gasteiger partial charge on any atom is -0.392 e. The SMILES string of the molecule is CC(O)CN1CC2CNCC2C1C. The monoisotopic (exact) mass is 184 g/mol. The molecule has 3 heteroatoms. The van der Waals surface area contributed by atoms with Crippen molar-refractivity contribution < 1.29 is 5.11 Å². The molecule has 13 heavy (non-hydrogen) atoms. The highest BCUT2D eigenvalue weighted by Crippen LogP contribution is 2.31. The molecule has 2 saturated heterocycles. The van der Waals surface area contributed by atoms with Crippen LogP contribution in [0.3, 0.4) is 0 Å². The Labute approximate surface area is 80.1 Å². The molecule has 2 aliphatic heterocycles. The van der Waals surface area contributed by atoms with E-state index in [2.05, 4.69) is 17.1 Å². The van der Waals surface area contributed by atoms with Crippen LogP contribution in [0.15, 0.2) is 0 Å². The van der Waals surface area contributed by atoms with Gasteiger partial charge in [0.2, 0.25) is 0 Å². The number of aliphatic hydroxyl groups excluding tert-OH is 1. The molecule has 0 saturated carbocycles. The molecule has 2 aliphatic rings. The van der Waals surface area contributed by atoms with Gasteiger partial charge in [-0.15, -0.1) is 0 Å².